The monoisotopic (exact) mass is 765 g/mol. The molecule has 0 aliphatic rings. The molecule has 0 radical (unpaired) electrons. The van der Waals surface area contributed by atoms with Crippen LogP contribution in [0.15, 0.2) is 158 Å². The van der Waals surface area contributed by atoms with Crippen LogP contribution in [0.3, 0.4) is 0 Å². The van der Waals surface area contributed by atoms with Crippen molar-refractivity contribution in [2.45, 2.75) is 13.7 Å². The summed E-state index contributed by atoms with van der Waals surface area (Å²) in [5, 5.41) is 0. The number of rotatable bonds is 4. The van der Waals surface area contributed by atoms with E-state index in [1.165, 1.54) is 23.3 Å². The molecule has 220 valence electrons. The van der Waals surface area contributed by atoms with Gasteiger partial charge in [0.15, 0.2) is 0 Å². The summed E-state index contributed by atoms with van der Waals surface area (Å²) in [4.78, 5) is 12.6. The van der Waals surface area contributed by atoms with Gasteiger partial charge < -0.3 is 15.0 Å². The minimum absolute atomic E-state index is 0. The number of benzene rings is 4. The van der Waals surface area contributed by atoms with Gasteiger partial charge in [-0.1, -0.05) is 60.7 Å². The Balaban J connectivity index is 0.000000170. The SMILES string of the molecule is [2H]C([2H])([2H])c1cccc(-c2[c-]cccc2)n1.[2H]C([2H])([2H])c1cccc(-c2[c-]cccc2)n1.[Ir+3].[c-]1ccccc1-c1cc(-c2ccccc2)ccn1. The van der Waals surface area contributed by atoms with E-state index < -0.39 is 13.7 Å². The van der Waals surface area contributed by atoms with Crippen molar-refractivity contribution in [3.05, 3.63) is 187 Å². The molecular weight excluding hydrogens is 727 g/mol. The Morgan fingerprint density at radius 1 is 0.467 bits per heavy atom. The Hall–Kier alpha value is -5.02. The number of aryl methyl sites for hydroxylation is 2. The number of aromatic nitrogens is 3. The molecule has 0 atom stereocenters. The maximum atomic E-state index is 7.29. The van der Waals surface area contributed by atoms with E-state index in [1.807, 2.05) is 91.1 Å². The maximum absolute atomic E-state index is 7.29. The number of nitrogens with zero attached hydrogens (tertiary/aromatic N) is 3. The molecule has 7 aromatic rings. The van der Waals surface area contributed by atoms with Gasteiger partial charge in [0.05, 0.1) is 0 Å². The van der Waals surface area contributed by atoms with Gasteiger partial charge >= 0.3 is 20.1 Å². The summed E-state index contributed by atoms with van der Waals surface area (Å²) in [5.74, 6) is 0. The molecule has 4 heteroatoms. The maximum Gasteiger partial charge on any atom is 3.00 e. The Bertz CT molecular complexity index is 1930. The first-order valence-electron chi connectivity index (χ1n) is 17.0. The fourth-order valence-corrected chi connectivity index (χ4v) is 4.22. The van der Waals surface area contributed by atoms with Crippen molar-refractivity contribution >= 4 is 0 Å². The summed E-state index contributed by atoms with van der Waals surface area (Å²) >= 11 is 0. The van der Waals surface area contributed by atoms with E-state index in [4.69, 9.17) is 8.22 Å². The number of hydrogen-bond donors (Lipinski definition) is 0. The number of hydrogen-bond acceptors (Lipinski definition) is 3. The third kappa shape index (κ3) is 10.0. The average Bonchev–Trinajstić information content (AvgIpc) is 3.16. The predicted octanol–water partition coefficient (Wildman–Crippen LogP) is 9.93. The Kier molecular flexibility index (Phi) is 9.74. The molecule has 3 heterocycles. The smallest absolute Gasteiger partial charge is 0.305 e. The van der Waals surface area contributed by atoms with Crippen molar-refractivity contribution in [2.24, 2.45) is 0 Å². The summed E-state index contributed by atoms with van der Waals surface area (Å²) in [5.41, 5.74) is 7.46. The summed E-state index contributed by atoms with van der Waals surface area (Å²) in [7, 11) is 0. The zero-order valence-electron chi connectivity index (χ0n) is 30.2. The zero-order chi connectivity index (χ0) is 35.4. The van der Waals surface area contributed by atoms with Gasteiger partial charge in [-0.05, 0) is 60.1 Å². The van der Waals surface area contributed by atoms with E-state index in [-0.39, 0.29) is 31.5 Å². The van der Waals surface area contributed by atoms with Crippen LogP contribution in [0.2, 0.25) is 0 Å². The molecule has 0 fully saturated rings. The summed E-state index contributed by atoms with van der Waals surface area (Å²) in [6, 6.07) is 56.3. The Morgan fingerprint density at radius 2 is 0.956 bits per heavy atom. The van der Waals surface area contributed by atoms with Crippen molar-refractivity contribution < 1.29 is 28.3 Å². The van der Waals surface area contributed by atoms with Gasteiger partial charge in [0, 0.05) is 25.8 Å². The largest absolute Gasteiger partial charge is 3.00 e. The van der Waals surface area contributed by atoms with Gasteiger partial charge in [0.25, 0.3) is 0 Å². The van der Waals surface area contributed by atoms with Crippen LogP contribution in [0.25, 0.3) is 44.9 Å². The summed E-state index contributed by atoms with van der Waals surface area (Å²) in [6.45, 7) is -4.32. The summed E-state index contributed by atoms with van der Waals surface area (Å²) < 4.78 is 43.8. The molecule has 0 bridgehead atoms. The molecule has 7 rings (SSSR count). The van der Waals surface area contributed by atoms with Crippen LogP contribution < -0.4 is 0 Å². The first-order chi connectivity index (χ1) is 24.1. The molecule has 0 spiro atoms. The van der Waals surface area contributed by atoms with Crippen LogP contribution in [0, 0.1) is 31.9 Å². The minimum atomic E-state index is -2.16. The summed E-state index contributed by atoms with van der Waals surface area (Å²) in [6.07, 6.45) is 1.85. The van der Waals surface area contributed by atoms with Gasteiger partial charge in [-0.25, -0.2) is 0 Å². The number of pyridine rings is 3. The van der Waals surface area contributed by atoms with Gasteiger partial charge in [-0.3, -0.25) is 0 Å². The van der Waals surface area contributed by atoms with Gasteiger partial charge in [-0.2, -0.15) is 0 Å². The molecule has 0 saturated carbocycles. The molecule has 3 nitrogen and oxygen atoms in total. The molecule has 0 saturated heterocycles. The van der Waals surface area contributed by atoms with E-state index in [9.17, 15) is 0 Å². The third-order valence-electron chi connectivity index (χ3n) is 6.32. The molecule has 45 heavy (non-hydrogen) atoms. The van der Waals surface area contributed by atoms with Crippen LogP contribution in [0.5, 0.6) is 0 Å². The van der Waals surface area contributed by atoms with Gasteiger partial charge in [-0.15, -0.1) is 108 Å². The minimum Gasteiger partial charge on any atom is -0.305 e. The van der Waals surface area contributed by atoms with Gasteiger partial charge in [0.1, 0.15) is 0 Å². The van der Waals surface area contributed by atoms with Gasteiger partial charge in [0.2, 0.25) is 0 Å². The van der Waals surface area contributed by atoms with Crippen LogP contribution >= 0.6 is 0 Å². The molecular formula is C41H32IrN3. The Labute approximate surface area is 288 Å². The van der Waals surface area contributed by atoms with Crippen molar-refractivity contribution in [3.63, 3.8) is 0 Å². The van der Waals surface area contributed by atoms with E-state index in [1.54, 1.807) is 36.4 Å². The van der Waals surface area contributed by atoms with E-state index in [2.05, 4.69) is 51.4 Å². The first-order valence-corrected chi connectivity index (χ1v) is 14.0. The molecule has 0 aliphatic heterocycles. The quantitative estimate of drug-likeness (QED) is 0.168. The fourth-order valence-electron chi connectivity index (χ4n) is 4.22. The van der Waals surface area contributed by atoms with Crippen LogP contribution in [0.4, 0.5) is 0 Å². The van der Waals surface area contributed by atoms with Crippen molar-refractivity contribution in [3.8, 4) is 44.9 Å². The van der Waals surface area contributed by atoms with Crippen LogP contribution in [0.1, 0.15) is 19.6 Å². The van der Waals surface area contributed by atoms with Crippen molar-refractivity contribution in [2.75, 3.05) is 0 Å². The van der Waals surface area contributed by atoms with E-state index in [0.29, 0.717) is 11.4 Å². The Morgan fingerprint density at radius 3 is 1.42 bits per heavy atom. The second kappa shape index (κ2) is 17.3. The molecule has 0 aliphatic carbocycles. The first kappa shape index (κ1) is 25.3. The predicted molar refractivity (Wildman–Crippen MR) is 180 cm³/mol. The second-order valence-electron chi connectivity index (χ2n) is 9.44. The van der Waals surface area contributed by atoms with Crippen molar-refractivity contribution in [1.29, 1.82) is 0 Å². The third-order valence-corrected chi connectivity index (χ3v) is 6.32. The molecule has 3 aromatic heterocycles. The normalized spacial score (nSPS) is 12.4. The molecule has 0 N–H and O–H groups in total. The molecule has 0 amide bonds. The molecule has 0 unspecified atom stereocenters. The van der Waals surface area contributed by atoms with E-state index in [0.717, 1.165) is 22.4 Å². The topological polar surface area (TPSA) is 38.7 Å². The van der Waals surface area contributed by atoms with E-state index >= 15 is 0 Å². The van der Waals surface area contributed by atoms with Crippen molar-refractivity contribution in [1.82, 2.24) is 15.0 Å². The van der Waals surface area contributed by atoms with Crippen LogP contribution in [-0.2, 0) is 20.1 Å². The fraction of sp³-hybridized carbons (Fsp3) is 0.0488. The molecule has 4 aromatic carbocycles. The van der Waals surface area contributed by atoms with Crippen LogP contribution in [-0.4, -0.2) is 15.0 Å². The standard InChI is InChI=1S/C17H12N.2C12H10N.Ir/c1-3-7-14(8-4-1)16-11-12-18-17(13-16)15-9-5-2-6-10-15;2*1-10-6-5-9-12(13-10)11-7-3-2-4-8-11;/h1-9,11-13H;2*2-7,9H,1H3;/q3*-1;+3/i;2*1D3;. The zero-order valence-corrected chi connectivity index (χ0v) is 26.6. The second-order valence-corrected chi connectivity index (χ2v) is 9.44. The average molecular weight is 765 g/mol.